The predicted octanol–water partition coefficient (Wildman–Crippen LogP) is 3.28. The maximum absolute atomic E-state index is 12.1. The molecule has 0 heterocycles. The number of anilines is 1. The van der Waals surface area contributed by atoms with E-state index in [0.717, 1.165) is 12.0 Å². The van der Waals surface area contributed by atoms with Gasteiger partial charge in [0.05, 0.1) is 6.26 Å². The molecule has 0 fully saturated rings. The van der Waals surface area contributed by atoms with Gasteiger partial charge in [0.1, 0.15) is 0 Å². The fourth-order valence-electron chi connectivity index (χ4n) is 2.01. The van der Waals surface area contributed by atoms with Gasteiger partial charge in [-0.3, -0.25) is 4.79 Å². The number of rotatable bonds is 8. The smallest absolute Gasteiger partial charge is 0.225 e. The zero-order chi connectivity index (χ0) is 17.6. The summed E-state index contributed by atoms with van der Waals surface area (Å²) in [4.78, 5) is 12.1. The van der Waals surface area contributed by atoms with Crippen LogP contribution in [-0.2, 0) is 14.8 Å². The summed E-state index contributed by atoms with van der Waals surface area (Å²) in [5.74, 6) is 0.177. The Morgan fingerprint density at radius 1 is 1.30 bits per heavy atom. The average Bonchev–Trinajstić information content (AvgIpc) is 2.41. The molecule has 0 aliphatic carbocycles. The Bertz CT molecular complexity index is 645. The van der Waals surface area contributed by atoms with E-state index < -0.39 is 10.0 Å². The molecule has 0 spiro atoms. The molecule has 1 rings (SSSR count). The van der Waals surface area contributed by atoms with E-state index in [-0.39, 0.29) is 18.9 Å². The molecular weight excluding hydrogens is 336 g/mol. The molecule has 7 heteroatoms. The third kappa shape index (κ3) is 7.33. The predicted molar refractivity (Wildman–Crippen MR) is 95.3 cm³/mol. The monoisotopic (exact) mass is 360 g/mol. The van der Waals surface area contributed by atoms with Gasteiger partial charge in [-0.15, -0.1) is 0 Å². The normalized spacial score (nSPS) is 12.0. The van der Waals surface area contributed by atoms with Crippen molar-refractivity contribution in [1.82, 2.24) is 4.31 Å². The Morgan fingerprint density at radius 2 is 1.96 bits per heavy atom. The van der Waals surface area contributed by atoms with Gasteiger partial charge in [0.25, 0.3) is 0 Å². The summed E-state index contributed by atoms with van der Waals surface area (Å²) in [6.45, 7) is 6.55. The van der Waals surface area contributed by atoms with Gasteiger partial charge < -0.3 is 5.32 Å². The van der Waals surface area contributed by atoms with Crippen LogP contribution in [0, 0.1) is 12.8 Å². The van der Waals surface area contributed by atoms with Crippen molar-refractivity contribution in [2.24, 2.45) is 5.92 Å². The largest absolute Gasteiger partial charge is 0.326 e. The Kier molecular flexibility index (Phi) is 7.51. The summed E-state index contributed by atoms with van der Waals surface area (Å²) in [6, 6.07) is 5.26. The van der Waals surface area contributed by atoms with Gasteiger partial charge in [-0.05, 0) is 37.0 Å². The maximum Gasteiger partial charge on any atom is 0.225 e. The average molecular weight is 361 g/mol. The van der Waals surface area contributed by atoms with Gasteiger partial charge in [-0.25, -0.2) is 12.7 Å². The summed E-state index contributed by atoms with van der Waals surface area (Å²) in [5.41, 5.74) is 1.55. The number of benzene rings is 1. The molecule has 23 heavy (non-hydrogen) atoms. The third-order valence-corrected chi connectivity index (χ3v) is 5.03. The van der Waals surface area contributed by atoms with E-state index in [1.807, 2.05) is 26.8 Å². The molecule has 0 aliphatic heterocycles. The van der Waals surface area contributed by atoms with Gasteiger partial charge in [0.15, 0.2) is 0 Å². The van der Waals surface area contributed by atoms with Crippen LogP contribution in [-0.4, -0.2) is 38.0 Å². The number of amides is 1. The van der Waals surface area contributed by atoms with Crippen molar-refractivity contribution >= 4 is 33.2 Å². The number of aryl methyl sites for hydroxylation is 1. The van der Waals surface area contributed by atoms with Gasteiger partial charge in [-0.2, -0.15) is 0 Å². The Morgan fingerprint density at radius 3 is 2.52 bits per heavy atom. The second-order valence-corrected chi connectivity index (χ2v) is 8.52. The maximum atomic E-state index is 12.1. The topological polar surface area (TPSA) is 66.5 Å². The number of sulfonamides is 1. The van der Waals surface area contributed by atoms with Crippen LogP contribution in [0.2, 0.25) is 5.02 Å². The van der Waals surface area contributed by atoms with Crippen molar-refractivity contribution in [3.63, 3.8) is 0 Å². The molecule has 1 N–H and O–H groups in total. The molecule has 1 amide bonds. The molecule has 0 atom stereocenters. The molecule has 1 aromatic rings. The van der Waals surface area contributed by atoms with Gasteiger partial charge in [0, 0.05) is 30.2 Å². The molecule has 0 aliphatic rings. The summed E-state index contributed by atoms with van der Waals surface area (Å²) >= 11 is 5.92. The number of halogens is 1. The number of hydrogen-bond acceptors (Lipinski definition) is 3. The lowest BCUT2D eigenvalue weighted by molar-refractivity contribution is -0.116. The SMILES string of the molecule is Cc1ccc(Cl)cc1NC(=O)CCN(CCC(C)C)S(C)(=O)=O. The first kappa shape index (κ1) is 19.9. The van der Waals surface area contributed by atoms with Gasteiger partial charge in [-0.1, -0.05) is 31.5 Å². The molecule has 0 saturated carbocycles. The summed E-state index contributed by atoms with van der Waals surface area (Å²) < 4.78 is 24.9. The highest BCUT2D eigenvalue weighted by Crippen LogP contribution is 2.20. The first-order chi connectivity index (χ1) is 10.6. The minimum absolute atomic E-state index is 0.108. The quantitative estimate of drug-likeness (QED) is 0.773. The molecule has 130 valence electrons. The van der Waals surface area contributed by atoms with E-state index in [1.54, 1.807) is 12.1 Å². The Hall–Kier alpha value is -1.11. The van der Waals surface area contributed by atoms with E-state index in [4.69, 9.17) is 11.6 Å². The van der Waals surface area contributed by atoms with Crippen molar-refractivity contribution in [3.05, 3.63) is 28.8 Å². The molecule has 0 bridgehead atoms. The molecule has 1 aromatic carbocycles. The minimum atomic E-state index is -3.31. The van der Waals surface area contributed by atoms with Crippen molar-refractivity contribution in [2.75, 3.05) is 24.7 Å². The molecule has 0 aromatic heterocycles. The first-order valence-electron chi connectivity index (χ1n) is 7.60. The van der Waals surface area contributed by atoms with Crippen LogP contribution in [0.4, 0.5) is 5.69 Å². The molecule has 0 saturated heterocycles. The van der Waals surface area contributed by atoms with E-state index >= 15 is 0 Å². The van der Waals surface area contributed by atoms with Crippen LogP contribution in [0.15, 0.2) is 18.2 Å². The van der Waals surface area contributed by atoms with E-state index in [1.165, 1.54) is 10.6 Å². The van der Waals surface area contributed by atoms with Crippen molar-refractivity contribution in [3.8, 4) is 0 Å². The molecule has 5 nitrogen and oxygen atoms in total. The van der Waals surface area contributed by atoms with Gasteiger partial charge >= 0.3 is 0 Å². The third-order valence-electron chi connectivity index (χ3n) is 3.49. The van der Waals surface area contributed by atoms with Crippen molar-refractivity contribution in [1.29, 1.82) is 0 Å². The fourth-order valence-corrected chi connectivity index (χ4v) is 3.05. The zero-order valence-corrected chi connectivity index (χ0v) is 15.7. The fraction of sp³-hybridized carbons (Fsp3) is 0.562. The summed E-state index contributed by atoms with van der Waals surface area (Å²) in [7, 11) is -3.31. The zero-order valence-electron chi connectivity index (χ0n) is 14.1. The standard InChI is InChI=1S/C16H25ClN2O3S/c1-12(2)7-9-19(23(4,21)22)10-8-16(20)18-15-11-14(17)6-5-13(15)3/h5-6,11-12H,7-10H2,1-4H3,(H,18,20). The second kappa shape index (κ2) is 8.66. The van der Waals surface area contributed by atoms with E-state index in [2.05, 4.69) is 5.32 Å². The minimum Gasteiger partial charge on any atom is -0.326 e. The molecule has 0 radical (unpaired) electrons. The number of nitrogens with zero attached hydrogens (tertiary/aromatic N) is 1. The van der Waals surface area contributed by atoms with Crippen LogP contribution in [0.5, 0.6) is 0 Å². The highest BCUT2D eigenvalue weighted by molar-refractivity contribution is 7.88. The van der Waals surface area contributed by atoms with Gasteiger partial charge in [0.2, 0.25) is 15.9 Å². The molecule has 0 unspecified atom stereocenters. The number of nitrogens with one attached hydrogen (secondary N) is 1. The lowest BCUT2D eigenvalue weighted by Gasteiger charge is -2.20. The summed E-state index contributed by atoms with van der Waals surface area (Å²) in [5, 5.41) is 3.32. The number of carbonyl (C=O) groups excluding carboxylic acids is 1. The number of hydrogen-bond donors (Lipinski definition) is 1. The number of carbonyl (C=O) groups is 1. The van der Waals surface area contributed by atoms with Crippen molar-refractivity contribution in [2.45, 2.75) is 33.6 Å². The highest BCUT2D eigenvalue weighted by atomic mass is 35.5. The van der Waals surface area contributed by atoms with Crippen LogP contribution in [0.25, 0.3) is 0 Å². The highest BCUT2D eigenvalue weighted by Gasteiger charge is 2.18. The second-order valence-electron chi connectivity index (χ2n) is 6.10. The van der Waals surface area contributed by atoms with E-state index in [9.17, 15) is 13.2 Å². The lowest BCUT2D eigenvalue weighted by atomic mass is 10.1. The van der Waals surface area contributed by atoms with Crippen LogP contribution >= 0.6 is 11.6 Å². The van der Waals surface area contributed by atoms with E-state index in [0.29, 0.717) is 23.2 Å². The van der Waals surface area contributed by atoms with Crippen LogP contribution in [0.1, 0.15) is 32.3 Å². The van der Waals surface area contributed by atoms with Crippen LogP contribution in [0.3, 0.4) is 0 Å². The summed E-state index contributed by atoms with van der Waals surface area (Å²) in [6.07, 6.45) is 2.05. The van der Waals surface area contributed by atoms with Crippen molar-refractivity contribution < 1.29 is 13.2 Å². The lowest BCUT2D eigenvalue weighted by Crippen LogP contribution is -2.34. The molecular formula is C16H25ClN2O3S. The first-order valence-corrected chi connectivity index (χ1v) is 9.83. The van der Waals surface area contributed by atoms with Crippen LogP contribution < -0.4 is 5.32 Å². The Balaban J connectivity index is 2.63. The Labute approximate surface area is 144 Å².